The van der Waals surface area contributed by atoms with Crippen LogP contribution in [0, 0.1) is 0 Å². The fraction of sp³-hybridized carbons (Fsp3) is 0. The number of nitrogens with zero attached hydrogens (tertiary/aromatic N) is 1. The molecular formula is C16H13ClN4S. The fourth-order valence-corrected chi connectivity index (χ4v) is 2.31. The number of aromatic amines is 1. The molecule has 0 spiro atoms. The second-order valence-electron chi connectivity index (χ2n) is 4.62. The summed E-state index contributed by atoms with van der Waals surface area (Å²) in [7, 11) is 0. The summed E-state index contributed by atoms with van der Waals surface area (Å²) in [4.78, 5) is 0. The minimum absolute atomic E-state index is 0.486. The van der Waals surface area contributed by atoms with Crippen molar-refractivity contribution in [1.82, 2.24) is 10.2 Å². The number of thiocarbonyl (C=S) groups is 1. The Morgan fingerprint density at radius 2 is 1.73 bits per heavy atom. The van der Waals surface area contributed by atoms with Gasteiger partial charge in [0, 0.05) is 16.8 Å². The molecule has 0 fully saturated rings. The topological polar surface area (TPSA) is 52.7 Å². The summed E-state index contributed by atoms with van der Waals surface area (Å²) in [6.45, 7) is 0. The van der Waals surface area contributed by atoms with Gasteiger partial charge in [-0.1, -0.05) is 41.9 Å². The molecule has 0 saturated heterocycles. The van der Waals surface area contributed by atoms with E-state index in [0.717, 1.165) is 16.9 Å². The molecule has 4 nitrogen and oxygen atoms in total. The quantitative estimate of drug-likeness (QED) is 0.618. The van der Waals surface area contributed by atoms with Crippen molar-refractivity contribution in [3.05, 3.63) is 65.7 Å². The predicted octanol–water partition coefficient (Wildman–Crippen LogP) is 4.54. The third-order valence-electron chi connectivity index (χ3n) is 3.01. The lowest BCUT2D eigenvalue weighted by molar-refractivity contribution is 1.10. The first kappa shape index (κ1) is 14.6. The highest BCUT2D eigenvalue weighted by molar-refractivity contribution is 7.80. The van der Waals surface area contributed by atoms with Crippen molar-refractivity contribution >= 4 is 40.4 Å². The maximum Gasteiger partial charge on any atom is 0.176 e. The molecule has 0 bridgehead atoms. The summed E-state index contributed by atoms with van der Waals surface area (Å²) in [6.07, 6.45) is 0. The Bertz CT molecular complexity index is 768. The number of rotatable bonds is 3. The highest BCUT2D eigenvalue weighted by Crippen LogP contribution is 2.21. The second kappa shape index (κ2) is 6.60. The number of halogens is 1. The van der Waals surface area contributed by atoms with Crippen LogP contribution in [0.25, 0.3) is 11.3 Å². The standard InChI is InChI=1S/C16H13ClN4S/c17-12-8-6-11(7-9-12)14-10-15(21-20-14)19-16(22)18-13-4-2-1-3-5-13/h1-10H,(H3,18,19,20,21,22). The van der Waals surface area contributed by atoms with Crippen molar-refractivity contribution in [3.8, 4) is 11.3 Å². The van der Waals surface area contributed by atoms with Crippen molar-refractivity contribution in [2.24, 2.45) is 0 Å². The molecule has 0 unspecified atom stereocenters. The molecule has 0 aliphatic carbocycles. The number of aromatic nitrogens is 2. The van der Waals surface area contributed by atoms with Crippen molar-refractivity contribution in [2.45, 2.75) is 0 Å². The van der Waals surface area contributed by atoms with Crippen LogP contribution in [0.3, 0.4) is 0 Å². The van der Waals surface area contributed by atoms with Crippen LogP contribution in [0.5, 0.6) is 0 Å². The Kier molecular flexibility index (Phi) is 4.37. The van der Waals surface area contributed by atoms with Gasteiger partial charge in [-0.3, -0.25) is 5.10 Å². The van der Waals surface area contributed by atoms with Gasteiger partial charge in [-0.05, 0) is 42.0 Å². The maximum absolute atomic E-state index is 5.89. The van der Waals surface area contributed by atoms with E-state index in [-0.39, 0.29) is 0 Å². The van der Waals surface area contributed by atoms with Crippen molar-refractivity contribution < 1.29 is 0 Å². The largest absolute Gasteiger partial charge is 0.332 e. The van der Waals surface area contributed by atoms with Crippen molar-refractivity contribution in [3.63, 3.8) is 0 Å². The van der Waals surface area contributed by atoms with Crippen LogP contribution < -0.4 is 10.6 Å². The summed E-state index contributed by atoms with van der Waals surface area (Å²) < 4.78 is 0. The first-order chi connectivity index (χ1) is 10.7. The Hall–Kier alpha value is -2.37. The Balaban J connectivity index is 1.66. The molecule has 22 heavy (non-hydrogen) atoms. The Labute approximate surface area is 138 Å². The van der Waals surface area contributed by atoms with Gasteiger partial charge < -0.3 is 10.6 Å². The van der Waals surface area contributed by atoms with Gasteiger partial charge in [-0.25, -0.2) is 0 Å². The second-order valence-corrected chi connectivity index (χ2v) is 5.46. The molecule has 3 rings (SSSR count). The first-order valence-corrected chi connectivity index (χ1v) is 7.44. The van der Waals surface area contributed by atoms with Gasteiger partial charge >= 0.3 is 0 Å². The maximum atomic E-state index is 5.89. The van der Waals surface area contributed by atoms with Gasteiger partial charge in [0.15, 0.2) is 10.9 Å². The molecule has 0 aliphatic heterocycles. The molecule has 0 radical (unpaired) electrons. The number of hydrogen-bond donors (Lipinski definition) is 3. The van der Waals surface area contributed by atoms with Crippen molar-refractivity contribution in [1.29, 1.82) is 0 Å². The number of anilines is 2. The van der Waals surface area contributed by atoms with Crippen LogP contribution in [0.1, 0.15) is 0 Å². The van der Waals surface area contributed by atoms with Crippen molar-refractivity contribution in [2.75, 3.05) is 10.6 Å². The Morgan fingerprint density at radius 3 is 2.45 bits per heavy atom. The number of hydrogen-bond acceptors (Lipinski definition) is 2. The van der Waals surface area contributed by atoms with E-state index in [1.54, 1.807) is 0 Å². The fourth-order valence-electron chi connectivity index (χ4n) is 1.96. The van der Waals surface area contributed by atoms with Crippen LogP contribution in [0.4, 0.5) is 11.5 Å². The summed E-state index contributed by atoms with van der Waals surface area (Å²) in [5.41, 5.74) is 2.82. The van der Waals surface area contributed by atoms with Gasteiger partial charge in [0.25, 0.3) is 0 Å². The normalized spacial score (nSPS) is 10.2. The van der Waals surface area contributed by atoms with Gasteiger partial charge in [-0.2, -0.15) is 5.10 Å². The van der Waals surface area contributed by atoms with Gasteiger partial charge in [-0.15, -0.1) is 0 Å². The van der Waals surface area contributed by atoms with Gasteiger partial charge in [0.2, 0.25) is 0 Å². The van der Waals surface area contributed by atoms with E-state index in [4.69, 9.17) is 23.8 Å². The number of benzene rings is 2. The number of H-pyrrole nitrogens is 1. The van der Waals surface area contributed by atoms with Crippen LogP contribution in [0.15, 0.2) is 60.7 Å². The summed E-state index contributed by atoms with van der Waals surface area (Å²) in [6, 6.07) is 19.2. The average Bonchev–Trinajstić information content (AvgIpc) is 2.97. The minimum Gasteiger partial charge on any atom is -0.332 e. The lowest BCUT2D eigenvalue weighted by Crippen LogP contribution is -2.19. The third kappa shape index (κ3) is 3.63. The summed E-state index contributed by atoms with van der Waals surface area (Å²) in [5, 5.41) is 14.5. The molecule has 3 N–H and O–H groups in total. The predicted molar refractivity (Wildman–Crippen MR) is 95.3 cm³/mol. The third-order valence-corrected chi connectivity index (χ3v) is 3.46. The Morgan fingerprint density at radius 1 is 1.00 bits per heavy atom. The molecule has 0 aliphatic rings. The SMILES string of the molecule is S=C(Nc1ccccc1)Nc1cc(-c2ccc(Cl)cc2)[nH]n1. The smallest absolute Gasteiger partial charge is 0.176 e. The monoisotopic (exact) mass is 328 g/mol. The molecule has 1 aromatic heterocycles. The molecule has 0 saturated carbocycles. The molecule has 6 heteroatoms. The highest BCUT2D eigenvalue weighted by atomic mass is 35.5. The van der Waals surface area contributed by atoms with E-state index in [1.807, 2.05) is 60.7 Å². The van der Waals surface area contributed by atoms with Crippen LogP contribution >= 0.6 is 23.8 Å². The molecule has 0 amide bonds. The van der Waals surface area contributed by atoms with E-state index >= 15 is 0 Å². The van der Waals surface area contributed by atoms with Gasteiger partial charge in [0.1, 0.15) is 0 Å². The molecule has 3 aromatic rings. The molecule has 1 heterocycles. The number of para-hydroxylation sites is 1. The minimum atomic E-state index is 0.486. The lowest BCUT2D eigenvalue weighted by Gasteiger charge is -2.07. The molecular weight excluding hydrogens is 316 g/mol. The zero-order chi connectivity index (χ0) is 15.4. The van der Waals surface area contributed by atoms with Crippen LogP contribution in [-0.2, 0) is 0 Å². The zero-order valence-corrected chi connectivity index (χ0v) is 13.1. The van der Waals surface area contributed by atoms with E-state index in [1.165, 1.54) is 0 Å². The number of nitrogens with one attached hydrogen (secondary N) is 3. The van der Waals surface area contributed by atoms with Gasteiger partial charge in [0.05, 0.1) is 5.69 Å². The summed E-state index contributed by atoms with van der Waals surface area (Å²) in [5.74, 6) is 0.651. The van der Waals surface area contributed by atoms with E-state index in [0.29, 0.717) is 16.0 Å². The van der Waals surface area contributed by atoms with E-state index < -0.39 is 0 Å². The van der Waals surface area contributed by atoms with E-state index in [2.05, 4.69) is 20.8 Å². The molecule has 2 aromatic carbocycles. The average molecular weight is 329 g/mol. The lowest BCUT2D eigenvalue weighted by atomic mass is 10.1. The molecule has 110 valence electrons. The van der Waals surface area contributed by atoms with Crippen LogP contribution in [-0.4, -0.2) is 15.3 Å². The zero-order valence-electron chi connectivity index (χ0n) is 11.5. The van der Waals surface area contributed by atoms with Crippen LogP contribution in [0.2, 0.25) is 5.02 Å². The molecule has 0 atom stereocenters. The van der Waals surface area contributed by atoms with E-state index in [9.17, 15) is 0 Å². The highest BCUT2D eigenvalue weighted by Gasteiger charge is 2.05. The summed E-state index contributed by atoms with van der Waals surface area (Å²) >= 11 is 11.2. The first-order valence-electron chi connectivity index (χ1n) is 6.65.